The summed E-state index contributed by atoms with van der Waals surface area (Å²) >= 11 is 6.49. The predicted molar refractivity (Wildman–Crippen MR) is 126 cm³/mol. The van der Waals surface area contributed by atoms with E-state index in [0.29, 0.717) is 33.6 Å². The molecule has 1 aliphatic carbocycles. The molecule has 0 amide bonds. The predicted octanol–water partition coefficient (Wildman–Crippen LogP) is 6.16. The Kier molecular flexibility index (Phi) is 5.75. The number of hydrogen-bond acceptors (Lipinski definition) is 6. The minimum absolute atomic E-state index is 0.0586. The van der Waals surface area contributed by atoms with E-state index in [9.17, 15) is 4.79 Å². The number of anilines is 1. The first-order chi connectivity index (χ1) is 13.7. The first kappa shape index (κ1) is 20.8. The van der Waals surface area contributed by atoms with Crippen LogP contribution in [0.5, 0.6) is 0 Å². The van der Waals surface area contributed by atoms with Crippen LogP contribution in [0.1, 0.15) is 48.0 Å². The molecule has 4 rings (SSSR count). The molecule has 0 spiro atoms. The molecule has 2 aromatic heterocycles. The van der Waals surface area contributed by atoms with E-state index in [2.05, 4.69) is 41.7 Å². The number of thiophene rings is 1. The molecule has 0 fully saturated rings. The van der Waals surface area contributed by atoms with Gasteiger partial charge in [0.2, 0.25) is 0 Å². The van der Waals surface area contributed by atoms with Gasteiger partial charge in [0, 0.05) is 14.9 Å². The lowest BCUT2D eigenvalue weighted by atomic mass is 9.72. The highest BCUT2D eigenvalue weighted by Gasteiger charge is 2.31. The monoisotopic (exact) mass is 489 g/mol. The van der Waals surface area contributed by atoms with Gasteiger partial charge in [-0.3, -0.25) is 4.79 Å². The van der Waals surface area contributed by atoms with Gasteiger partial charge in [-0.05, 0) is 48.3 Å². The van der Waals surface area contributed by atoms with Crippen molar-refractivity contribution in [2.24, 2.45) is 11.3 Å². The summed E-state index contributed by atoms with van der Waals surface area (Å²) in [4.78, 5) is 24.0. The van der Waals surface area contributed by atoms with Crippen LogP contribution < -0.4 is 5.73 Å². The Hall–Kier alpha value is -1.44. The fourth-order valence-corrected chi connectivity index (χ4v) is 6.21. The van der Waals surface area contributed by atoms with E-state index in [1.54, 1.807) is 11.3 Å². The molecule has 0 radical (unpaired) electrons. The summed E-state index contributed by atoms with van der Waals surface area (Å²) < 4.78 is 0.957. The Morgan fingerprint density at radius 1 is 1.28 bits per heavy atom. The van der Waals surface area contributed by atoms with Gasteiger partial charge in [-0.1, -0.05) is 60.6 Å². The van der Waals surface area contributed by atoms with Crippen LogP contribution in [0.15, 0.2) is 33.9 Å². The topological polar surface area (TPSA) is 68.9 Å². The molecule has 3 aromatic rings. The maximum Gasteiger partial charge on any atom is 0.191 e. The number of aryl methyl sites for hydroxylation is 1. The zero-order valence-corrected chi connectivity index (χ0v) is 20.0. The molecule has 0 unspecified atom stereocenters. The Morgan fingerprint density at radius 3 is 2.69 bits per heavy atom. The van der Waals surface area contributed by atoms with Crippen LogP contribution in [0.2, 0.25) is 0 Å². The van der Waals surface area contributed by atoms with E-state index in [-0.39, 0.29) is 5.78 Å². The van der Waals surface area contributed by atoms with E-state index in [1.807, 2.05) is 24.3 Å². The summed E-state index contributed by atoms with van der Waals surface area (Å²) in [6.07, 6.45) is 3.31. The molecule has 152 valence electrons. The molecule has 4 nitrogen and oxygen atoms in total. The number of benzene rings is 1. The Labute approximate surface area is 187 Å². The minimum atomic E-state index is 0.0586. The van der Waals surface area contributed by atoms with Gasteiger partial charge in [0.25, 0.3) is 0 Å². The largest absolute Gasteiger partial charge is 0.383 e. The van der Waals surface area contributed by atoms with Crippen LogP contribution in [0.3, 0.4) is 0 Å². The van der Waals surface area contributed by atoms with Gasteiger partial charge in [-0.2, -0.15) is 0 Å². The number of rotatable bonds is 4. The van der Waals surface area contributed by atoms with Crippen LogP contribution in [-0.2, 0) is 12.8 Å². The summed E-state index contributed by atoms with van der Waals surface area (Å²) in [6, 6.07) is 7.40. The molecule has 0 saturated carbocycles. The SMILES string of the molecule is CC(C)(C)[C@@H]1CCc2c(sc3nc(SCC(=O)c4ccc(Br)cc4)nc(N)c23)C1. The van der Waals surface area contributed by atoms with Crippen LogP contribution in [-0.4, -0.2) is 21.5 Å². The maximum atomic E-state index is 12.4. The van der Waals surface area contributed by atoms with Crippen LogP contribution in [0.4, 0.5) is 5.82 Å². The highest BCUT2D eigenvalue weighted by Crippen LogP contribution is 2.44. The van der Waals surface area contributed by atoms with Gasteiger partial charge in [-0.15, -0.1) is 11.3 Å². The lowest BCUT2D eigenvalue weighted by molar-refractivity contribution is 0.102. The second kappa shape index (κ2) is 8.00. The number of thioether (sulfide) groups is 1. The first-order valence-corrected chi connectivity index (χ1v) is 12.3. The standard InChI is InChI=1S/C22H24BrN3OS2/c1-22(2,3)13-6-9-15-17(10-13)29-20-18(15)19(24)25-21(26-20)28-11-16(27)12-4-7-14(23)8-5-12/h4-5,7-8,13H,6,9-11H2,1-3H3,(H2,24,25,26)/t13-/m1/s1. The minimum Gasteiger partial charge on any atom is -0.383 e. The van der Waals surface area contributed by atoms with E-state index in [4.69, 9.17) is 10.7 Å². The molecule has 7 heteroatoms. The number of nitrogens with zero attached hydrogens (tertiary/aromatic N) is 2. The van der Waals surface area contributed by atoms with E-state index in [1.165, 1.54) is 28.6 Å². The number of nitrogens with two attached hydrogens (primary N) is 1. The van der Waals surface area contributed by atoms with Crippen molar-refractivity contribution in [3.05, 3.63) is 44.7 Å². The van der Waals surface area contributed by atoms with Gasteiger partial charge in [0.05, 0.1) is 11.1 Å². The van der Waals surface area contributed by atoms with Gasteiger partial charge in [-0.25, -0.2) is 9.97 Å². The van der Waals surface area contributed by atoms with Crippen LogP contribution in [0, 0.1) is 11.3 Å². The summed E-state index contributed by atoms with van der Waals surface area (Å²) in [7, 11) is 0. The Morgan fingerprint density at radius 2 is 2.00 bits per heavy atom. The zero-order chi connectivity index (χ0) is 20.8. The average molecular weight is 490 g/mol. The molecule has 0 aliphatic heterocycles. The van der Waals surface area contributed by atoms with E-state index < -0.39 is 0 Å². The third-order valence-corrected chi connectivity index (χ3v) is 8.16. The van der Waals surface area contributed by atoms with Crippen molar-refractivity contribution in [3.63, 3.8) is 0 Å². The summed E-state index contributed by atoms with van der Waals surface area (Å²) in [5, 5.41) is 1.60. The number of aromatic nitrogens is 2. The molecule has 2 heterocycles. The van der Waals surface area contributed by atoms with Gasteiger partial charge in [0.1, 0.15) is 10.6 Å². The molecule has 1 aliphatic rings. The molecule has 2 N–H and O–H groups in total. The molecular formula is C22H24BrN3OS2. The quantitative estimate of drug-likeness (QED) is 0.269. The second-order valence-electron chi connectivity index (χ2n) is 8.60. The summed E-state index contributed by atoms with van der Waals surface area (Å²) in [6.45, 7) is 6.96. The lowest BCUT2D eigenvalue weighted by Crippen LogP contribution is -2.26. The van der Waals surface area contributed by atoms with Gasteiger partial charge in [0.15, 0.2) is 10.9 Å². The molecule has 1 aromatic carbocycles. The average Bonchev–Trinajstić information content (AvgIpc) is 3.04. The van der Waals surface area contributed by atoms with Crippen molar-refractivity contribution >= 4 is 60.8 Å². The normalized spacial score (nSPS) is 16.8. The van der Waals surface area contributed by atoms with Crippen LogP contribution >= 0.6 is 39.0 Å². The van der Waals surface area contributed by atoms with Crippen molar-refractivity contribution in [1.82, 2.24) is 9.97 Å². The Balaban J connectivity index is 1.55. The number of Topliss-reactive ketones (excluding diaryl/α,β-unsaturated/α-hetero) is 1. The fraction of sp³-hybridized carbons (Fsp3) is 0.409. The number of ketones is 1. The number of hydrogen-bond donors (Lipinski definition) is 1. The molecule has 0 saturated heterocycles. The van der Waals surface area contributed by atoms with Gasteiger partial charge >= 0.3 is 0 Å². The second-order valence-corrected chi connectivity index (χ2v) is 11.5. The number of nitrogen functional groups attached to an aromatic ring is 1. The maximum absolute atomic E-state index is 12.4. The summed E-state index contributed by atoms with van der Waals surface area (Å²) in [5.74, 6) is 1.57. The molecular weight excluding hydrogens is 466 g/mol. The smallest absolute Gasteiger partial charge is 0.191 e. The van der Waals surface area contributed by atoms with E-state index in [0.717, 1.165) is 27.5 Å². The van der Waals surface area contributed by atoms with Crippen molar-refractivity contribution in [3.8, 4) is 0 Å². The van der Waals surface area contributed by atoms with Gasteiger partial charge < -0.3 is 5.73 Å². The highest BCUT2D eigenvalue weighted by atomic mass is 79.9. The zero-order valence-electron chi connectivity index (χ0n) is 16.8. The van der Waals surface area contributed by atoms with E-state index >= 15 is 0 Å². The third-order valence-electron chi connectivity index (χ3n) is 5.64. The molecule has 0 bridgehead atoms. The number of halogens is 1. The van der Waals surface area contributed by atoms with Crippen LogP contribution in [0.25, 0.3) is 10.2 Å². The Bertz CT molecular complexity index is 1070. The van der Waals surface area contributed by atoms with Crippen molar-refractivity contribution < 1.29 is 4.79 Å². The number of fused-ring (bicyclic) bond motifs is 3. The fourth-order valence-electron chi connectivity index (χ4n) is 3.84. The number of carbonyl (C=O) groups excluding carboxylic acids is 1. The van der Waals surface area contributed by atoms with Crippen molar-refractivity contribution in [2.45, 2.75) is 45.2 Å². The number of carbonyl (C=O) groups is 1. The third kappa shape index (κ3) is 4.37. The first-order valence-electron chi connectivity index (χ1n) is 9.71. The highest BCUT2D eigenvalue weighted by molar-refractivity contribution is 9.10. The van der Waals surface area contributed by atoms with Crippen molar-refractivity contribution in [1.29, 1.82) is 0 Å². The summed E-state index contributed by atoms with van der Waals surface area (Å²) in [5.41, 5.74) is 8.67. The lowest BCUT2D eigenvalue weighted by Gasteiger charge is -2.33. The molecule has 29 heavy (non-hydrogen) atoms. The van der Waals surface area contributed by atoms with Crippen molar-refractivity contribution in [2.75, 3.05) is 11.5 Å². The molecule has 1 atom stereocenters.